The molecule has 1 aromatic rings. The van der Waals surface area contributed by atoms with Crippen LogP contribution < -0.4 is 5.73 Å². The summed E-state index contributed by atoms with van der Waals surface area (Å²) in [5.41, 5.74) is 6.10. The summed E-state index contributed by atoms with van der Waals surface area (Å²) in [6.45, 7) is 5.21. The van der Waals surface area contributed by atoms with E-state index in [0.717, 1.165) is 0 Å². The average molecular weight is 209 g/mol. The fraction of sp³-hybridized carbons (Fsp3) is 0.417. The second kappa shape index (κ2) is 4.11. The van der Waals surface area contributed by atoms with Crippen LogP contribution in [0.5, 0.6) is 0 Å². The third kappa shape index (κ3) is 3.44. The number of hydrogen-bond donors (Lipinski definition) is 1. The summed E-state index contributed by atoms with van der Waals surface area (Å²) in [7, 11) is 0. The summed E-state index contributed by atoms with van der Waals surface area (Å²) in [6.07, 6.45) is 0.218. The van der Waals surface area contributed by atoms with E-state index in [-0.39, 0.29) is 18.0 Å². The Labute approximate surface area is 89.3 Å². The van der Waals surface area contributed by atoms with E-state index in [4.69, 9.17) is 5.73 Å². The van der Waals surface area contributed by atoms with Crippen molar-refractivity contribution < 1.29 is 9.18 Å². The van der Waals surface area contributed by atoms with Crippen molar-refractivity contribution in [1.82, 2.24) is 0 Å². The highest BCUT2D eigenvalue weighted by Crippen LogP contribution is 2.14. The minimum absolute atomic E-state index is 0.124. The lowest BCUT2D eigenvalue weighted by atomic mass is 9.95. The Morgan fingerprint density at radius 1 is 1.47 bits per heavy atom. The van der Waals surface area contributed by atoms with Gasteiger partial charge >= 0.3 is 0 Å². The van der Waals surface area contributed by atoms with Crippen molar-refractivity contribution in [2.24, 2.45) is 5.73 Å². The van der Waals surface area contributed by atoms with Crippen molar-refractivity contribution in [3.8, 4) is 0 Å². The number of nitrogens with two attached hydrogens (primary N) is 1. The molecule has 0 amide bonds. The second-order valence-electron chi connectivity index (χ2n) is 4.55. The number of carbonyl (C=O) groups is 1. The first-order valence-corrected chi connectivity index (χ1v) is 4.88. The van der Waals surface area contributed by atoms with Crippen molar-refractivity contribution >= 4 is 5.78 Å². The molecule has 1 aromatic carbocycles. The Hall–Kier alpha value is -1.22. The topological polar surface area (TPSA) is 43.1 Å². The fourth-order valence-corrected chi connectivity index (χ4v) is 1.28. The molecule has 0 saturated heterocycles. The van der Waals surface area contributed by atoms with Crippen molar-refractivity contribution in [3.05, 3.63) is 35.1 Å². The maximum atomic E-state index is 13.2. The molecular weight excluding hydrogens is 193 g/mol. The number of carbonyl (C=O) groups excluding carboxylic acids is 1. The van der Waals surface area contributed by atoms with Gasteiger partial charge < -0.3 is 5.73 Å². The van der Waals surface area contributed by atoms with E-state index in [0.29, 0.717) is 11.1 Å². The van der Waals surface area contributed by atoms with Crippen molar-refractivity contribution in [2.75, 3.05) is 0 Å². The van der Waals surface area contributed by atoms with Gasteiger partial charge in [-0.15, -0.1) is 0 Å². The van der Waals surface area contributed by atoms with Gasteiger partial charge in [-0.3, -0.25) is 4.79 Å². The number of ketones is 1. The van der Waals surface area contributed by atoms with E-state index in [2.05, 4.69) is 0 Å². The van der Waals surface area contributed by atoms with Crippen LogP contribution >= 0.6 is 0 Å². The third-order valence-corrected chi connectivity index (χ3v) is 2.11. The van der Waals surface area contributed by atoms with Crippen molar-refractivity contribution in [3.63, 3.8) is 0 Å². The molecule has 0 spiro atoms. The zero-order valence-corrected chi connectivity index (χ0v) is 9.30. The van der Waals surface area contributed by atoms with Crippen LogP contribution in [-0.2, 0) is 0 Å². The average Bonchev–Trinajstić information content (AvgIpc) is 2.06. The van der Waals surface area contributed by atoms with Gasteiger partial charge in [-0.1, -0.05) is 12.1 Å². The molecule has 0 saturated carbocycles. The molecule has 0 radical (unpaired) electrons. The van der Waals surface area contributed by atoms with E-state index in [1.54, 1.807) is 32.9 Å². The van der Waals surface area contributed by atoms with Crippen molar-refractivity contribution in [1.29, 1.82) is 0 Å². The summed E-state index contributed by atoms with van der Waals surface area (Å²) in [4.78, 5) is 11.7. The summed E-state index contributed by atoms with van der Waals surface area (Å²) in [6, 6.07) is 4.50. The summed E-state index contributed by atoms with van der Waals surface area (Å²) >= 11 is 0. The fourth-order valence-electron chi connectivity index (χ4n) is 1.28. The van der Waals surface area contributed by atoms with Gasteiger partial charge in [0.05, 0.1) is 0 Å². The highest BCUT2D eigenvalue weighted by atomic mass is 19.1. The van der Waals surface area contributed by atoms with E-state index in [9.17, 15) is 9.18 Å². The van der Waals surface area contributed by atoms with Gasteiger partial charge in [0, 0.05) is 17.5 Å². The van der Waals surface area contributed by atoms with Crippen LogP contribution in [0.15, 0.2) is 18.2 Å². The quantitative estimate of drug-likeness (QED) is 0.777. The largest absolute Gasteiger partial charge is 0.325 e. The number of benzene rings is 1. The predicted octanol–water partition coefficient (Wildman–Crippen LogP) is 2.44. The Morgan fingerprint density at radius 2 is 2.07 bits per heavy atom. The molecule has 2 N–H and O–H groups in total. The SMILES string of the molecule is Cc1ccc(C(=O)CC(C)(C)N)cc1F. The van der Waals surface area contributed by atoms with E-state index in [1.165, 1.54) is 6.07 Å². The normalized spacial score (nSPS) is 11.5. The highest BCUT2D eigenvalue weighted by Gasteiger charge is 2.18. The van der Waals surface area contributed by atoms with E-state index >= 15 is 0 Å². The van der Waals surface area contributed by atoms with Gasteiger partial charge in [0.15, 0.2) is 5.78 Å². The molecule has 0 aliphatic carbocycles. The molecule has 15 heavy (non-hydrogen) atoms. The second-order valence-corrected chi connectivity index (χ2v) is 4.55. The van der Waals surface area contributed by atoms with Crippen LogP contribution in [0.2, 0.25) is 0 Å². The monoisotopic (exact) mass is 209 g/mol. The molecule has 0 aliphatic heterocycles. The highest BCUT2D eigenvalue weighted by molar-refractivity contribution is 5.96. The molecule has 0 aliphatic rings. The molecule has 0 atom stereocenters. The Bertz CT molecular complexity index is 380. The molecule has 0 aromatic heterocycles. The van der Waals surface area contributed by atoms with Gasteiger partial charge in [-0.2, -0.15) is 0 Å². The minimum Gasteiger partial charge on any atom is -0.325 e. The van der Waals surface area contributed by atoms with Crippen LogP contribution in [0.1, 0.15) is 36.2 Å². The molecule has 0 heterocycles. The maximum Gasteiger partial charge on any atom is 0.164 e. The number of halogens is 1. The van der Waals surface area contributed by atoms with Crippen LogP contribution in [0, 0.1) is 12.7 Å². The molecule has 82 valence electrons. The summed E-state index contributed by atoms with van der Waals surface area (Å²) < 4.78 is 13.2. The molecule has 2 nitrogen and oxygen atoms in total. The summed E-state index contributed by atoms with van der Waals surface area (Å²) in [5.74, 6) is -0.475. The van der Waals surface area contributed by atoms with Gasteiger partial charge in [-0.25, -0.2) is 4.39 Å². The number of aryl methyl sites for hydroxylation is 1. The van der Waals surface area contributed by atoms with Crippen LogP contribution in [0.4, 0.5) is 4.39 Å². The Kier molecular flexibility index (Phi) is 3.25. The van der Waals surface area contributed by atoms with Crippen LogP contribution in [-0.4, -0.2) is 11.3 Å². The first-order valence-electron chi connectivity index (χ1n) is 4.88. The lowest BCUT2D eigenvalue weighted by molar-refractivity contribution is 0.0960. The first-order chi connectivity index (χ1) is 6.79. The maximum absolute atomic E-state index is 13.2. The number of Topliss-reactive ketones (excluding diaryl/α,β-unsaturated/α-hetero) is 1. The molecule has 0 fully saturated rings. The van der Waals surface area contributed by atoms with E-state index in [1.807, 2.05) is 0 Å². The zero-order chi connectivity index (χ0) is 11.6. The summed E-state index contributed by atoms with van der Waals surface area (Å²) in [5, 5.41) is 0. The molecular formula is C12H16FNO. The molecule has 1 rings (SSSR count). The Balaban J connectivity index is 2.88. The lowest BCUT2D eigenvalue weighted by Crippen LogP contribution is -2.34. The van der Waals surface area contributed by atoms with Gasteiger partial charge in [-0.05, 0) is 32.4 Å². The Morgan fingerprint density at radius 3 is 2.53 bits per heavy atom. The standard InChI is InChI=1S/C12H16FNO/c1-8-4-5-9(6-10(8)13)11(15)7-12(2,3)14/h4-6H,7,14H2,1-3H3. The van der Waals surface area contributed by atoms with Crippen molar-refractivity contribution in [2.45, 2.75) is 32.7 Å². The number of hydrogen-bond acceptors (Lipinski definition) is 2. The molecule has 0 bridgehead atoms. The first kappa shape index (κ1) is 11.9. The predicted molar refractivity (Wildman–Crippen MR) is 58.4 cm³/mol. The number of rotatable bonds is 3. The van der Waals surface area contributed by atoms with Crippen LogP contribution in [0.25, 0.3) is 0 Å². The van der Waals surface area contributed by atoms with Gasteiger partial charge in [0.25, 0.3) is 0 Å². The zero-order valence-electron chi connectivity index (χ0n) is 9.30. The minimum atomic E-state index is -0.557. The van der Waals surface area contributed by atoms with E-state index < -0.39 is 5.54 Å². The van der Waals surface area contributed by atoms with Gasteiger partial charge in [0.2, 0.25) is 0 Å². The molecule has 3 heteroatoms. The molecule has 0 unspecified atom stereocenters. The smallest absolute Gasteiger partial charge is 0.164 e. The van der Waals surface area contributed by atoms with Gasteiger partial charge in [0.1, 0.15) is 5.82 Å². The van der Waals surface area contributed by atoms with Crippen LogP contribution in [0.3, 0.4) is 0 Å². The third-order valence-electron chi connectivity index (χ3n) is 2.11. The lowest BCUT2D eigenvalue weighted by Gasteiger charge is -2.17.